The minimum Gasteiger partial charge on any atom is -0.385 e. The molecule has 0 heterocycles. The van der Waals surface area contributed by atoms with Gasteiger partial charge in [0.1, 0.15) is 5.82 Å². The molecule has 0 radical (unpaired) electrons. The number of hydrogen-bond acceptors (Lipinski definition) is 3. The van der Waals surface area contributed by atoms with Crippen molar-refractivity contribution >= 4 is 40.9 Å². The van der Waals surface area contributed by atoms with Gasteiger partial charge in [-0.1, -0.05) is 17.7 Å². The topological polar surface area (TPSA) is 53.6 Å². The van der Waals surface area contributed by atoms with Crippen LogP contribution in [0.4, 0.5) is 4.39 Å². The van der Waals surface area contributed by atoms with Crippen LogP contribution in [0.3, 0.4) is 0 Å². The number of carbonyl (C=O) groups is 1. The predicted octanol–water partition coefficient (Wildman–Crippen LogP) is 2.37. The van der Waals surface area contributed by atoms with Gasteiger partial charge >= 0.3 is 0 Å². The van der Waals surface area contributed by atoms with E-state index in [1.807, 2.05) is 0 Å². The maximum Gasteiger partial charge on any atom is 0.262 e. The fourth-order valence-corrected chi connectivity index (χ4v) is 1.99. The van der Waals surface area contributed by atoms with E-state index in [9.17, 15) is 9.18 Å². The molecule has 1 aromatic rings. The van der Waals surface area contributed by atoms with E-state index in [1.165, 1.54) is 29.3 Å². The molecule has 0 fully saturated rings. The first-order valence-corrected chi connectivity index (χ1v) is 7.67. The van der Waals surface area contributed by atoms with Crippen molar-refractivity contribution in [1.29, 1.82) is 0 Å². The van der Waals surface area contributed by atoms with Crippen molar-refractivity contribution in [3.8, 4) is 0 Å². The van der Waals surface area contributed by atoms with E-state index in [0.29, 0.717) is 18.3 Å². The lowest BCUT2D eigenvalue weighted by Gasteiger charge is -2.20. The molecule has 0 aromatic heterocycles. The Morgan fingerprint density at radius 1 is 1.52 bits per heavy atom. The lowest BCUT2D eigenvalue weighted by atomic mass is 10.2. The van der Waals surface area contributed by atoms with Crippen molar-refractivity contribution in [1.82, 2.24) is 15.8 Å². The highest BCUT2D eigenvalue weighted by Crippen LogP contribution is 2.20. The van der Waals surface area contributed by atoms with E-state index >= 15 is 0 Å². The number of amides is 1. The van der Waals surface area contributed by atoms with Crippen molar-refractivity contribution in [2.75, 3.05) is 27.3 Å². The summed E-state index contributed by atoms with van der Waals surface area (Å²) in [6.45, 7) is 1.26. The number of hydrogen-bond donors (Lipinski definition) is 2. The largest absolute Gasteiger partial charge is 0.385 e. The molecule has 0 aliphatic heterocycles. The number of nitrogens with zero attached hydrogens (tertiary/aromatic N) is 1. The molecular formula is C15H19ClFN3O2S. The summed E-state index contributed by atoms with van der Waals surface area (Å²) < 4.78 is 18.5. The van der Waals surface area contributed by atoms with E-state index in [-0.39, 0.29) is 10.6 Å². The van der Waals surface area contributed by atoms with Crippen LogP contribution >= 0.6 is 23.8 Å². The van der Waals surface area contributed by atoms with Crippen LogP contribution in [-0.4, -0.2) is 43.3 Å². The normalized spacial score (nSPS) is 10.6. The molecule has 126 valence electrons. The molecule has 5 nitrogen and oxygen atoms in total. The number of carbonyl (C=O) groups excluding carboxylic acids is 1. The molecular weight excluding hydrogens is 341 g/mol. The highest BCUT2D eigenvalue weighted by Gasteiger charge is 2.07. The lowest BCUT2D eigenvalue weighted by Crippen LogP contribution is -2.47. The monoisotopic (exact) mass is 359 g/mol. The van der Waals surface area contributed by atoms with Gasteiger partial charge in [0, 0.05) is 38.9 Å². The molecule has 8 heteroatoms. The number of hydrazine groups is 1. The Balaban J connectivity index is 2.49. The number of benzene rings is 1. The number of nitrogens with one attached hydrogen (secondary N) is 2. The Labute approximate surface area is 145 Å². The molecule has 23 heavy (non-hydrogen) atoms. The fraction of sp³-hybridized carbons (Fsp3) is 0.333. The average Bonchev–Trinajstić information content (AvgIpc) is 2.50. The number of thiocarbonyl (C=S) groups is 1. The van der Waals surface area contributed by atoms with Gasteiger partial charge < -0.3 is 10.1 Å². The highest BCUT2D eigenvalue weighted by atomic mass is 35.5. The van der Waals surface area contributed by atoms with Gasteiger partial charge in [0.05, 0.1) is 5.02 Å². The Morgan fingerprint density at radius 2 is 2.26 bits per heavy atom. The van der Waals surface area contributed by atoms with Crippen molar-refractivity contribution in [2.45, 2.75) is 6.42 Å². The zero-order chi connectivity index (χ0) is 17.2. The van der Waals surface area contributed by atoms with Crippen LogP contribution in [0.1, 0.15) is 12.0 Å². The van der Waals surface area contributed by atoms with Gasteiger partial charge in [-0.25, -0.2) is 4.39 Å². The number of halogens is 2. The average molecular weight is 360 g/mol. The first-order valence-electron chi connectivity index (χ1n) is 6.89. The van der Waals surface area contributed by atoms with E-state index in [2.05, 4.69) is 10.7 Å². The Morgan fingerprint density at radius 3 is 2.91 bits per heavy atom. The summed E-state index contributed by atoms with van der Waals surface area (Å²) in [4.78, 5) is 11.8. The maximum absolute atomic E-state index is 13.6. The smallest absolute Gasteiger partial charge is 0.262 e. The van der Waals surface area contributed by atoms with Gasteiger partial charge in [-0.15, -0.1) is 0 Å². The first-order chi connectivity index (χ1) is 11.0. The first kappa shape index (κ1) is 19.3. The lowest BCUT2D eigenvalue weighted by molar-refractivity contribution is -0.119. The van der Waals surface area contributed by atoms with Gasteiger partial charge in [0.15, 0.2) is 5.11 Å². The number of methoxy groups -OCH3 is 1. The van der Waals surface area contributed by atoms with E-state index < -0.39 is 11.7 Å². The second kappa shape index (κ2) is 10.1. The maximum atomic E-state index is 13.6. The molecule has 0 aliphatic rings. The molecule has 2 N–H and O–H groups in total. The minimum absolute atomic E-state index is 0.159. The van der Waals surface area contributed by atoms with Crippen molar-refractivity contribution < 1.29 is 13.9 Å². The third kappa shape index (κ3) is 6.94. The quantitative estimate of drug-likeness (QED) is 0.353. The van der Waals surface area contributed by atoms with Gasteiger partial charge in [0.25, 0.3) is 5.91 Å². The SMILES string of the molecule is COCCCNC(=S)N(C)NC(=O)/C=C/c1c(F)cccc1Cl. The molecule has 0 spiro atoms. The number of rotatable bonds is 6. The van der Waals surface area contributed by atoms with Crippen LogP contribution in [0, 0.1) is 5.82 Å². The predicted molar refractivity (Wildman–Crippen MR) is 93.4 cm³/mol. The Bertz CT molecular complexity index is 564. The third-order valence-corrected chi connectivity index (χ3v) is 3.53. The van der Waals surface area contributed by atoms with Crippen molar-refractivity contribution in [2.24, 2.45) is 0 Å². The van der Waals surface area contributed by atoms with Gasteiger partial charge in [-0.2, -0.15) is 0 Å². The second-order valence-corrected chi connectivity index (χ2v) is 5.38. The van der Waals surface area contributed by atoms with Crippen LogP contribution < -0.4 is 10.7 Å². The van der Waals surface area contributed by atoms with Crippen LogP contribution in [-0.2, 0) is 9.53 Å². The summed E-state index contributed by atoms with van der Waals surface area (Å²) in [5.74, 6) is -0.946. The molecule has 0 saturated heterocycles. The Hall–Kier alpha value is -1.70. The van der Waals surface area contributed by atoms with Gasteiger partial charge in [0.2, 0.25) is 0 Å². The Kier molecular flexibility index (Phi) is 8.53. The molecule has 0 saturated carbocycles. The molecule has 0 unspecified atom stereocenters. The van der Waals surface area contributed by atoms with E-state index in [1.54, 1.807) is 20.2 Å². The molecule has 1 amide bonds. The summed E-state index contributed by atoms with van der Waals surface area (Å²) in [6.07, 6.45) is 3.30. The highest BCUT2D eigenvalue weighted by molar-refractivity contribution is 7.80. The summed E-state index contributed by atoms with van der Waals surface area (Å²) in [7, 11) is 3.23. The standard InChI is InChI=1S/C15H19ClFN3O2S/c1-20(15(23)18-9-4-10-22-2)19-14(21)8-7-11-12(16)5-3-6-13(11)17/h3,5-8H,4,9-10H2,1-2H3,(H,18,23)(H,19,21)/b8-7+. The third-order valence-electron chi connectivity index (χ3n) is 2.79. The summed E-state index contributed by atoms with van der Waals surface area (Å²) in [5, 5.41) is 4.95. The molecule has 0 atom stereocenters. The van der Waals surface area contributed by atoms with Crippen LogP contribution in [0.25, 0.3) is 6.08 Å². The van der Waals surface area contributed by atoms with Gasteiger partial charge in [-0.3, -0.25) is 15.2 Å². The second-order valence-electron chi connectivity index (χ2n) is 4.58. The van der Waals surface area contributed by atoms with E-state index in [0.717, 1.165) is 6.42 Å². The minimum atomic E-state index is -0.495. The summed E-state index contributed by atoms with van der Waals surface area (Å²) in [5.41, 5.74) is 2.70. The van der Waals surface area contributed by atoms with Gasteiger partial charge in [-0.05, 0) is 36.8 Å². The molecule has 1 aromatic carbocycles. The molecule has 0 bridgehead atoms. The fourth-order valence-electron chi connectivity index (χ4n) is 1.61. The molecule has 1 rings (SSSR count). The van der Waals surface area contributed by atoms with Crippen LogP contribution in [0.15, 0.2) is 24.3 Å². The number of ether oxygens (including phenoxy) is 1. The zero-order valence-corrected chi connectivity index (χ0v) is 14.5. The summed E-state index contributed by atoms with van der Waals surface area (Å²) >= 11 is 11.0. The van der Waals surface area contributed by atoms with Crippen molar-refractivity contribution in [3.63, 3.8) is 0 Å². The van der Waals surface area contributed by atoms with Crippen LogP contribution in [0.2, 0.25) is 5.02 Å². The molecule has 0 aliphatic carbocycles. The van der Waals surface area contributed by atoms with Crippen LogP contribution in [0.5, 0.6) is 0 Å². The summed E-state index contributed by atoms with van der Waals surface area (Å²) in [6, 6.07) is 4.32. The zero-order valence-electron chi connectivity index (χ0n) is 12.9. The van der Waals surface area contributed by atoms with E-state index in [4.69, 9.17) is 28.6 Å². The van der Waals surface area contributed by atoms with Crippen molar-refractivity contribution in [3.05, 3.63) is 40.7 Å².